The lowest BCUT2D eigenvalue weighted by Crippen LogP contribution is -2.55. The first-order valence-electron chi connectivity index (χ1n) is 20.7. The second kappa shape index (κ2) is 27.3. The van der Waals surface area contributed by atoms with Crippen LogP contribution in [0.25, 0.3) is 0 Å². The molecule has 0 saturated carbocycles. The summed E-state index contributed by atoms with van der Waals surface area (Å²) in [7, 11) is 0. The van der Waals surface area contributed by atoms with Crippen molar-refractivity contribution >= 4 is 59.5 Å². The minimum absolute atomic E-state index is 0.00230. The quantitative estimate of drug-likeness (QED) is 0.0389. The van der Waals surface area contributed by atoms with Crippen LogP contribution in [-0.4, -0.2) is 140 Å². The number of nitrogens with zero attached hydrogens (tertiary/aromatic N) is 1. The Hall–Kier alpha value is -5.91. The first-order chi connectivity index (χ1) is 29.3. The molecule has 0 aromatic heterocycles. The first kappa shape index (κ1) is 58.1. The third-order valence-electron chi connectivity index (χ3n) is 7.98. The van der Waals surface area contributed by atoms with Gasteiger partial charge < -0.3 is 57.3 Å². The molecule has 0 saturated heterocycles. The number of hydrogen-bond acceptors (Lipinski definition) is 12. The van der Waals surface area contributed by atoms with Crippen LogP contribution in [0.5, 0.6) is 0 Å². The van der Waals surface area contributed by atoms with Gasteiger partial charge in [-0.25, -0.2) is 9.59 Å². The summed E-state index contributed by atoms with van der Waals surface area (Å²) in [5.41, 5.74) is -1.59. The van der Waals surface area contributed by atoms with Crippen LogP contribution in [0.2, 0.25) is 0 Å². The lowest BCUT2D eigenvalue weighted by molar-refractivity contribution is -0.171. The van der Waals surface area contributed by atoms with Crippen molar-refractivity contribution in [1.82, 2.24) is 53.2 Å². The molecule has 0 spiro atoms. The lowest BCUT2D eigenvalue weighted by Gasteiger charge is -2.25. The van der Waals surface area contributed by atoms with Crippen molar-refractivity contribution < 1.29 is 65.8 Å². The van der Waals surface area contributed by atoms with Gasteiger partial charge in [0.05, 0.1) is 13.1 Å². The van der Waals surface area contributed by atoms with Gasteiger partial charge in [0.15, 0.2) is 5.96 Å². The van der Waals surface area contributed by atoms with Crippen LogP contribution in [0, 0.1) is 11.8 Å². The molecular formula is C39H68F3N11O11. The zero-order chi connectivity index (χ0) is 49.6. The maximum absolute atomic E-state index is 13.0. The van der Waals surface area contributed by atoms with E-state index in [0.717, 1.165) is 0 Å². The summed E-state index contributed by atoms with van der Waals surface area (Å²) in [5.74, 6) is -7.53. The fourth-order valence-electron chi connectivity index (χ4n) is 4.74. The number of guanidine groups is 1. The number of carbonyl (C=O) groups is 9. The maximum atomic E-state index is 13.0. The maximum Gasteiger partial charge on any atom is 0.471 e. The number of rotatable bonds is 22. The lowest BCUT2D eigenvalue weighted by atomic mass is 10.0. The van der Waals surface area contributed by atoms with Gasteiger partial charge in [-0.1, -0.05) is 27.7 Å². The summed E-state index contributed by atoms with van der Waals surface area (Å²) in [6.45, 7) is 18.2. The van der Waals surface area contributed by atoms with Gasteiger partial charge in [0.2, 0.25) is 35.4 Å². The Kier molecular flexibility index (Phi) is 24.8. The highest BCUT2D eigenvalue weighted by Gasteiger charge is 2.39. The molecule has 22 nitrogen and oxygen atoms in total. The van der Waals surface area contributed by atoms with E-state index in [1.165, 1.54) is 13.8 Å². The number of aliphatic imine (C=N–C) groups is 1. The Morgan fingerprint density at radius 1 is 0.516 bits per heavy atom. The molecule has 4 atom stereocenters. The minimum atomic E-state index is -5.22. The van der Waals surface area contributed by atoms with Crippen molar-refractivity contribution in [2.75, 3.05) is 39.3 Å². The number of hydrogen-bond donors (Lipinski definition) is 10. The van der Waals surface area contributed by atoms with Crippen LogP contribution < -0.4 is 53.2 Å². The standard InChI is InChI=1S/C39H68F3N11O11/c1-21(2)27(51-29(56)23(5)49-35(61)63-37(7,8)9)31(58)47-19-25(54)43-15-13-17-45-34(53-33(60)39(40,41)42)46-18-14-16-44-26(55)20-48-32(59)28(22(3)4)52-30(57)24(6)50-36(62)64-38(10,11)12/h21-24,27-28H,13-20H2,1-12H3,(H,43,54)(H,44,55)(H,47,58)(H,48,59)(H,49,61)(H,50,62)(H,51,56)(H,52,57)(H2,45,46,53,60)/t23-,24-,27-,28-/m0/s1. The fraction of sp³-hybridized carbons (Fsp3) is 0.744. The molecular weight excluding hydrogens is 855 g/mol. The summed E-state index contributed by atoms with van der Waals surface area (Å²) in [6, 6.07) is -4.20. The van der Waals surface area contributed by atoms with Crippen molar-refractivity contribution in [2.45, 2.75) is 137 Å². The number of halogens is 3. The number of ether oxygens (including phenoxy) is 2. The van der Waals surface area contributed by atoms with Gasteiger partial charge >= 0.3 is 24.3 Å². The monoisotopic (exact) mass is 924 g/mol. The van der Waals surface area contributed by atoms with Gasteiger partial charge in [-0.15, -0.1) is 0 Å². The Balaban J connectivity index is 4.95. The molecule has 0 heterocycles. The molecule has 0 fully saturated rings. The zero-order valence-electron chi connectivity index (χ0n) is 38.7. The van der Waals surface area contributed by atoms with E-state index in [0.29, 0.717) is 0 Å². The Labute approximate surface area is 371 Å². The molecule has 10 N–H and O–H groups in total. The minimum Gasteiger partial charge on any atom is -0.444 e. The number of carbonyl (C=O) groups excluding carboxylic acids is 9. The molecule has 9 amide bonds. The Morgan fingerprint density at radius 3 is 1.25 bits per heavy atom. The molecule has 0 aliphatic rings. The highest BCUT2D eigenvalue weighted by Crippen LogP contribution is 2.14. The molecule has 0 aromatic carbocycles. The van der Waals surface area contributed by atoms with Crippen molar-refractivity contribution in [3.63, 3.8) is 0 Å². The second-order valence-corrected chi connectivity index (χ2v) is 17.1. The zero-order valence-corrected chi connectivity index (χ0v) is 38.7. The van der Waals surface area contributed by atoms with E-state index in [9.17, 15) is 56.3 Å². The predicted molar refractivity (Wildman–Crippen MR) is 227 cm³/mol. The SMILES string of the molecule is CC(C)[C@H](NC(=O)[C@H](C)NC(=O)OC(C)(C)C)C(=O)NCC(=O)NCCCN=C(NCCCNC(=O)CNC(=O)[C@@H](NC(=O)[C@H](C)NC(=O)OC(C)(C)C)C(C)C)NC(=O)C(F)(F)F. The van der Waals surface area contributed by atoms with Gasteiger partial charge in [-0.3, -0.25) is 43.9 Å². The number of alkyl carbamates (subject to hydrolysis) is 2. The molecule has 25 heteroatoms. The summed E-state index contributed by atoms with van der Waals surface area (Å²) >= 11 is 0. The third kappa shape index (κ3) is 26.5. The molecule has 366 valence electrons. The molecule has 64 heavy (non-hydrogen) atoms. The summed E-state index contributed by atoms with van der Waals surface area (Å²) < 4.78 is 49.2. The highest BCUT2D eigenvalue weighted by molar-refractivity contribution is 5.99. The van der Waals surface area contributed by atoms with Crippen molar-refractivity contribution in [3.8, 4) is 0 Å². The van der Waals surface area contributed by atoms with E-state index in [1.807, 2.05) is 0 Å². The summed E-state index contributed by atoms with van der Waals surface area (Å²) in [4.78, 5) is 115. The van der Waals surface area contributed by atoms with Crippen LogP contribution >= 0.6 is 0 Å². The average Bonchev–Trinajstić information content (AvgIpc) is 3.13. The number of nitrogens with one attached hydrogen (secondary N) is 10. The number of amides is 9. The van der Waals surface area contributed by atoms with E-state index in [4.69, 9.17) is 9.47 Å². The van der Waals surface area contributed by atoms with Crippen LogP contribution in [-0.2, 0) is 43.0 Å². The van der Waals surface area contributed by atoms with Gasteiger partial charge in [-0.2, -0.15) is 13.2 Å². The smallest absolute Gasteiger partial charge is 0.444 e. The second-order valence-electron chi connectivity index (χ2n) is 17.1. The van der Waals surface area contributed by atoms with Gasteiger partial charge in [0, 0.05) is 26.2 Å². The van der Waals surface area contributed by atoms with Crippen LogP contribution in [0.15, 0.2) is 4.99 Å². The number of alkyl halides is 3. The van der Waals surface area contributed by atoms with Crippen molar-refractivity contribution in [1.29, 1.82) is 0 Å². The average molecular weight is 924 g/mol. The fourth-order valence-corrected chi connectivity index (χ4v) is 4.74. The Bertz CT molecular complexity index is 1650. The van der Waals surface area contributed by atoms with E-state index in [2.05, 4.69) is 52.8 Å². The van der Waals surface area contributed by atoms with Crippen LogP contribution in [0.1, 0.15) is 95.9 Å². The van der Waals surface area contributed by atoms with E-state index in [1.54, 1.807) is 74.6 Å². The van der Waals surface area contributed by atoms with Crippen LogP contribution in [0.3, 0.4) is 0 Å². The summed E-state index contributed by atoms with van der Waals surface area (Å²) in [6.07, 6.45) is -6.63. The van der Waals surface area contributed by atoms with Gasteiger partial charge in [0.1, 0.15) is 35.4 Å². The summed E-state index contributed by atoms with van der Waals surface area (Å²) in [5, 5.41) is 23.8. The molecule has 0 bridgehead atoms. The third-order valence-corrected chi connectivity index (χ3v) is 7.98. The molecule has 0 aromatic rings. The molecule has 0 aliphatic carbocycles. The van der Waals surface area contributed by atoms with E-state index < -0.39 is 126 Å². The predicted octanol–water partition coefficient (Wildman–Crippen LogP) is -0.0365. The topological polar surface area (TPSA) is 305 Å². The molecule has 0 rings (SSSR count). The van der Waals surface area contributed by atoms with Gasteiger partial charge in [-0.05, 0) is 80.1 Å². The van der Waals surface area contributed by atoms with E-state index >= 15 is 0 Å². The molecule has 0 unspecified atom stereocenters. The normalized spacial score (nSPS) is 13.8. The molecule has 0 radical (unpaired) electrons. The van der Waals surface area contributed by atoms with E-state index in [-0.39, 0.29) is 39.0 Å². The largest absolute Gasteiger partial charge is 0.471 e. The van der Waals surface area contributed by atoms with Crippen molar-refractivity contribution in [2.24, 2.45) is 16.8 Å². The molecule has 0 aliphatic heterocycles. The first-order valence-corrected chi connectivity index (χ1v) is 20.7. The Morgan fingerprint density at radius 2 is 0.891 bits per heavy atom. The van der Waals surface area contributed by atoms with Crippen LogP contribution in [0.4, 0.5) is 22.8 Å². The van der Waals surface area contributed by atoms with Gasteiger partial charge in [0.25, 0.3) is 0 Å². The highest BCUT2D eigenvalue weighted by atomic mass is 19.4. The van der Waals surface area contributed by atoms with Crippen molar-refractivity contribution in [3.05, 3.63) is 0 Å².